The number of nitrogens with two attached hydrogens (primary N) is 1. The average molecular weight is 667 g/mol. The van der Waals surface area contributed by atoms with Crippen LogP contribution in [0.1, 0.15) is 123 Å². The van der Waals surface area contributed by atoms with E-state index in [1.807, 2.05) is 39.0 Å². The molecule has 48 heavy (non-hydrogen) atoms. The monoisotopic (exact) mass is 666 g/mol. The number of carbonyl (C=O) groups is 5. The molecule has 3 saturated carbocycles. The molecule has 1 aromatic heterocycles. The summed E-state index contributed by atoms with van der Waals surface area (Å²) in [6, 6.07) is 2.66. The Hall–Kier alpha value is -3.50. The Morgan fingerprint density at radius 2 is 1.62 bits per heavy atom. The van der Waals surface area contributed by atoms with Crippen molar-refractivity contribution in [3.05, 3.63) is 30.1 Å². The van der Waals surface area contributed by atoms with Gasteiger partial charge in [-0.2, -0.15) is 0 Å². The van der Waals surface area contributed by atoms with E-state index < -0.39 is 52.7 Å². The van der Waals surface area contributed by atoms with Gasteiger partial charge in [0.15, 0.2) is 0 Å². The number of hydrogen-bond donors (Lipinski definition) is 4. The molecule has 4 fully saturated rings. The minimum absolute atomic E-state index is 0.276. The van der Waals surface area contributed by atoms with Gasteiger partial charge in [0.25, 0.3) is 5.91 Å². The van der Waals surface area contributed by atoms with Gasteiger partial charge >= 0.3 is 6.03 Å². The Kier molecular flexibility index (Phi) is 13.0. The quantitative estimate of drug-likeness (QED) is 0.253. The number of nitrogens with one attached hydrogen (secondary N) is 3. The van der Waals surface area contributed by atoms with Crippen molar-refractivity contribution in [2.45, 2.75) is 148 Å². The fourth-order valence-electron chi connectivity index (χ4n) is 7.44. The van der Waals surface area contributed by atoms with E-state index in [0.717, 1.165) is 56.6 Å². The zero-order chi connectivity index (χ0) is 34.9. The lowest BCUT2D eigenvalue weighted by Gasteiger charge is -2.40. The van der Waals surface area contributed by atoms with Crippen molar-refractivity contribution >= 4 is 29.5 Å². The van der Waals surface area contributed by atoms with Crippen molar-refractivity contribution in [2.24, 2.45) is 23.0 Å². The van der Waals surface area contributed by atoms with Crippen LogP contribution in [0.25, 0.3) is 0 Å². The van der Waals surface area contributed by atoms with Gasteiger partial charge in [-0.05, 0) is 61.5 Å². The molecule has 3 unspecified atom stereocenters. The van der Waals surface area contributed by atoms with Crippen molar-refractivity contribution in [1.29, 1.82) is 0 Å². The van der Waals surface area contributed by atoms with Gasteiger partial charge in [0.05, 0.1) is 6.04 Å². The average Bonchev–Trinajstić information content (AvgIpc) is 3.48. The van der Waals surface area contributed by atoms with Crippen LogP contribution < -0.4 is 21.7 Å². The highest BCUT2D eigenvalue weighted by Crippen LogP contribution is 2.34. The third-order valence-corrected chi connectivity index (χ3v) is 10.4. The molecular weight excluding hydrogens is 608 g/mol. The summed E-state index contributed by atoms with van der Waals surface area (Å²) in [6.45, 7) is 8.33. The summed E-state index contributed by atoms with van der Waals surface area (Å²) in [6.07, 6.45) is 16.3. The predicted molar refractivity (Wildman–Crippen MR) is 185 cm³/mol. The summed E-state index contributed by atoms with van der Waals surface area (Å²) in [4.78, 5) is 70.8. The van der Waals surface area contributed by atoms with Crippen molar-refractivity contribution in [1.82, 2.24) is 25.8 Å². The van der Waals surface area contributed by atoms with Gasteiger partial charge in [-0.1, -0.05) is 91.5 Å². The molecule has 0 bridgehead atoms. The maximum atomic E-state index is 14.0. The van der Waals surface area contributed by atoms with E-state index in [-0.39, 0.29) is 11.8 Å². The first-order valence-electron chi connectivity index (χ1n) is 18.2. The predicted octanol–water partition coefficient (Wildman–Crippen LogP) is 4.57. The summed E-state index contributed by atoms with van der Waals surface area (Å²) < 4.78 is 0. The number of likely N-dealkylation sites (tertiary alicyclic amines) is 1. The number of pyridine rings is 1. The van der Waals surface area contributed by atoms with Crippen molar-refractivity contribution in [3.8, 4) is 0 Å². The van der Waals surface area contributed by atoms with Gasteiger partial charge in [-0.15, -0.1) is 0 Å². The molecule has 1 aromatic rings. The topological polar surface area (TPSA) is 164 Å². The Morgan fingerprint density at radius 1 is 0.938 bits per heavy atom. The smallest absolute Gasteiger partial charge is 0.315 e. The van der Waals surface area contributed by atoms with Crippen LogP contribution >= 0.6 is 0 Å². The number of primary amides is 1. The number of carbonyl (C=O) groups excluding carboxylic acids is 5. The van der Waals surface area contributed by atoms with Gasteiger partial charge in [-0.25, -0.2) is 4.79 Å². The minimum Gasteiger partial charge on any atom is -0.363 e. The highest BCUT2D eigenvalue weighted by molar-refractivity contribution is 6.37. The maximum Gasteiger partial charge on any atom is 0.315 e. The highest BCUT2D eigenvalue weighted by Gasteiger charge is 2.44. The molecular formula is C37H58N6O5. The number of hydrogen-bond acceptors (Lipinski definition) is 6. The van der Waals surface area contributed by atoms with Crippen LogP contribution in [-0.4, -0.2) is 69.6 Å². The van der Waals surface area contributed by atoms with Gasteiger partial charge < -0.3 is 26.6 Å². The second-order valence-corrected chi connectivity index (χ2v) is 15.8. The molecule has 11 heteroatoms. The third-order valence-electron chi connectivity index (χ3n) is 10.4. The summed E-state index contributed by atoms with van der Waals surface area (Å²) in [7, 11) is 0. The molecule has 0 spiro atoms. The number of Topliss-reactive ketones (excluding diaryl/α,β-unsaturated/α-hetero) is 1. The molecule has 266 valence electrons. The normalized spacial score (nSPS) is 22.1. The molecule has 0 aromatic carbocycles. The van der Waals surface area contributed by atoms with Crippen LogP contribution in [0.5, 0.6) is 0 Å². The Morgan fingerprint density at radius 3 is 2.17 bits per heavy atom. The fourth-order valence-corrected chi connectivity index (χ4v) is 7.44. The van der Waals surface area contributed by atoms with Gasteiger partial charge in [0.2, 0.25) is 17.6 Å². The lowest BCUT2D eigenvalue weighted by molar-refractivity contribution is -0.143. The number of aromatic nitrogens is 1. The Balaban J connectivity index is 0.000000780. The van der Waals surface area contributed by atoms with E-state index in [4.69, 9.17) is 5.73 Å². The second-order valence-electron chi connectivity index (χ2n) is 15.8. The molecule has 0 radical (unpaired) electrons. The number of urea groups is 1. The van der Waals surface area contributed by atoms with Gasteiger partial charge in [0.1, 0.15) is 12.1 Å². The summed E-state index contributed by atoms with van der Waals surface area (Å²) in [5, 5.41) is 8.87. The zero-order valence-electron chi connectivity index (χ0n) is 29.5. The van der Waals surface area contributed by atoms with E-state index >= 15 is 0 Å². The van der Waals surface area contributed by atoms with E-state index in [1.165, 1.54) is 30.6 Å². The Bertz CT molecular complexity index is 1260. The zero-order valence-corrected chi connectivity index (χ0v) is 29.5. The van der Waals surface area contributed by atoms with Crippen LogP contribution in [-0.2, 0) is 25.6 Å². The number of ketones is 1. The van der Waals surface area contributed by atoms with Crippen LogP contribution in [0.15, 0.2) is 24.4 Å². The van der Waals surface area contributed by atoms with Crippen molar-refractivity contribution in [2.75, 3.05) is 6.54 Å². The number of rotatable bonds is 11. The lowest BCUT2D eigenvalue weighted by atomic mass is 9.78. The molecule has 3 aliphatic carbocycles. The van der Waals surface area contributed by atoms with Crippen LogP contribution in [0.2, 0.25) is 0 Å². The van der Waals surface area contributed by atoms with Crippen molar-refractivity contribution in [3.63, 3.8) is 0 Å². The Labute approximate surface area is 286 Å². The third kappa shape index (κ3) is 10.8. The van der Waals surface area contributed by atoms with Crippen LogP contribution in [0.3, 0.4) is 0 Å². The highest BCUT2D eigenvalue weighted by atomic mass is 16.2. The lowest BCUT2D eigenvalue weighted by Crippen LogP contribution is -2.62. The summed E-state index contributed by atoms with van der Waals surface area (Å²) >= 11 is 0. The van der Waals surface area contributed by atoms with Gasteiger partial charge in [-0.3, -0.25) is 24.2 Å². The first-order valence-corrected chi connectivity index (χ1v) is 18.2. The first-order chi connectivity index (χ1) is 22.8. The van der Waals surface area contributed by atoms with Crippen molar-refractivity contribution < 1.29 is 24.0 Å². The fraction of sp³-hybridized carbons (Fsp3) is 0.730. The first kappa shape index (κ1) is 37.3. The molecule has 1 saturated heterocycles. The van der Waals surface area contributed by atoms with Crippen LogP contribution in [0, 0.1) is 17.3 Å². The molecule has 3 atom stereocenters. The molecule has 2 heterocycles. The van der Waals surface area contributed by atoms with Crippen LogP contribution in [0.4, 0.5) is 4.79 Å². The number of nitrogens with zero attached hydrogens (tertiary/aromatic N) is 2. The molecule has 1 aliphatic heterocycles. The summed E-state index contributed by atoms with van der Waals surface area (Å²) in [5.74, 6) is -1.41. The molecule has 5 amide bonds. The SMILES string of the molecule is CC(C)(C)C(NC(=O)NC1(Cc2ccccn2)CCCCC1)C(=O)N1CCCC1C(=O)NC(CC1CC1)C(=O)C(N)=O.CC1CCCC1. The minimum atomic E-state index is -1.08. The molecule has 4 aliphatic rings. The molecule has 5 N–H and O–H groups in total. The largest absolute Gasteiger partial charge is 0.363 e. The van der Waals surface area contributed by atoms with E-state index in [2.05, 4.69) is 27.9 Å². The maximum absolute atomic E-state index is 14.0. The molecule has 5 rings (SSSR count). The molecule has 11 nitrogen and oxygen atoms in total. The standard InChI is InChI=1S/C31H46N6O5.C6H12/c1-30(2,3)25(35-29(42)36-31(14-6-4-7-15-31)19-21-10-5-8-16-33-21)28(41)37-17-9-11-23(37)27(40)34-22(18-20-12-13-20)24(38)26(32)39;1-6-4-2-3-5-6/h5,8,10,16,20,22-23,25H,4,6-7,9,11-15,17-19H2,1-3H3,(H2,32,39)(H,34,40)(H2,35,36,42);6H,2-5H2,1H3. The number of amides is 5. The van der Waals surface area contributed by atoms with E-state index in [0.29, 0.717) is 32.2 Å². The second kappa shape index (κ2) is 16.7. The van der Waals surface area contributed by atoms with E-state index in [1.54, 1.807) is 6.20 Å². The summed E-state index contributed by atoms with van der Waals surface area (Å²) in [5.41, 5.74) is 5.04. The van der Waals surface area contributed by atoms with Gasteiger partial charge in [0, 0.05) is 30.4 Å². The van der Waals surface area contributed by atoms with E-state index in [9.17, 15) is 24.0 Å².